The maximum Gasteiger partial charge on any atom is 0.573 e. The third kappa shape index (κ3) is 8.44. The third-order valence-corrected chi connectivity index (χ3v) is 6.56. The summed E-state index contributed by atoms with van der Waals surface area (Å²) in [4.78, 5) is 26.9. The van der Waals surface area contributed by atoms with Gasteiger partial charge in [0.15, 0.2) is 0 Å². The predicted molar refractivity (Wildman–Crippen MR) is 138 cm³/mol. The Morgan fingerprint density at radius 3 is 2.58 bits per heavy atom. The Balaban J connectivity index is 1.29. The first-order valence-corrected chi connectivity index (χ1v) is 12.7. The van der Waals surface area contributed by atoms with Gasteiger partial charge in [-0.25, -0.2) is 4.98 Å². The summed E-state index contributed by atoms with van der Waals surface area (Å²) < 4.78 is 42.0. The van der Waals surface area contributed by atoms with E-state index in [0.29, 0.717) is 13.1 Å². The predicted octanol–water partition coefficient (Wildman–Crippen LogP) is 3.98. The number of ether oxygens (including phenoxy) is 1. The van der Waals surface area contributed by atoms with Crippen LogP contribution in [0.15, 0.2) is 49.2 Å². The number of hydrogen-bond acceptors (Lipinski definition) is 11. The monoisotopic (exact) mass is 562 g/mol. The van der Waals surface area contributed by atoms with Crippen molar-refractivity contribution in [2.24, 2.45) is 5.92 Å². The van der Waals surface area contributed by atoms with Gasteiger partial charge in [0, 0.05) is 61.6 Å². The molecule has 4 rings (SSSR count). The largest absolute Gasteiger partial charge is 0.573 e. The van der Waals surface area contributed by atoms with E-state index in [2.05, 4.69) is 40.6 Å². The van der Waals surface area contributed by atoms with Crippen molar-refractivity contribution in [2.75, 3.05) is 23.7 Å². The van der Waals surface area contributed by atoms with Crippen molar-refractivity contribution >= 4 is 17.5 Å². The van der Waals surface area contributed by atoms with Crippen LogP contribution < -0.4 is 20.7 Å². The summed E-state index contributed by atoms with van der Waals surface area (Å²) in [5, 5.41) is 31.1. The van der Waals surface area contributed by atoms with E-state index in [1.807, 2.05) is 6.07 Å². The molecule has 214 valence electrons. The Morgan fingerprint density at radius 2 is 1.88 bits per heavy atom. The van der Waals surface area contributed by atoms with Gasteiger partial charge in [-0.1, -0.05) is 6.07 Å². The van der Waals surface area contributed by atoms with Crippen molar-refractivity contribution in [3.63, 3.8) is 0 Å². The van der Waals surface area contributed by atoms with Gasteiger partial charge >= 0.3 is 12.0 Å². The number of pyridine rings is 2. The number of hydrogen-bond donors (Lipinski definition) is 4. The van der Waals surface area contributed by atoms with E-state index >= 15 is 0 Å². The lowest BCUT2D eigenvalue weighted by Gasteiger charge is -2.30. The number of halogens is 3. The molecule has 0 amide bonds. The van der Waals surface area contributed by atoms with Crippen LogP contribution in [0.2, 0.25) is 0 Å². The topological polar surface area (TPSA) is 160 Å². The first-order valence-electron chi connectivity index (χ1n) is 12.7. The minimum absolute atomic E-state index is 0.00464. The zero-order valence-corrected chi connectivity index (χ0v) is 21.3. The summed E-state index contributed by atoms with van der Waals surface area (Å²) in [6.45, 7) is 0.725. The molecule has 3 heterocycles. The maximum atomic E-state index is 12.7. The number of nitro groups is 1. The van der Waals surface area contributed by atoms with E-state index in [4.69, 9.17) is 0 Å². The Bertz CT molecular complexity index is 1260. The molecular weight excluding hydrogens is 533 g/mol. The second kappa shape index (κ2) is 13.3. The summed E-state index contributed by atoms with van der Waals surface area (Å²) in [5.41, 5.74) is 0.547. The molecule has 0 aromatic carbocycles. The van der Waals surface area contributed by atoms with Gasteiger partial charge in [-0.3, -0.25) is 20.1 Å². The summed E-state index contributed by atoms with van der Waals surface area (Å²) in [6.07, 6.45) is 4.74. The lowest BCUT2D eigenvalue weighted by Crippen LogP contribution is -2.37. The number of aliphatic hydroxyl groups is 1. The number of nitrogens with one attached hydrogen (secondary N) is 3. The second-order valence-corrected chi connectivity index (χ2v) is 9.38. The highest BCUT2D eigenvalue weighted by molar-refractivity contribution is 5.57. The Kier molecular flexibility index (Phi) is 9.60. The Hall–Kier alpha value is -4.11. The summed E-state index contributed by atoms with van der Waals surface area (Å²) in [5.74, 6) is -0.160. The number of aromatic nitrogens is 4. The average Bonchev–Trinajstić information content (AvgIpc) is 2.94. The van der Waals surface area contributed by atoms with Crippen LogP contribution in [-0.2, 0) is 6.54 Å². The standard InChI is InChI=1S/C25H29F3N8O4/c26-25(27,28)40-22-7-9-30-12-18(22)13-33-24-34-14-20(36(38)39)23(35-24)32-10-16-3-5-19(6-4-16)31-15-21(37)17-2-1-8-29-11-17/h1-2,7-9,11-12,14,16,19,21,31,37H,3-6,10,13,15H2,(H2,32,33,34,35)/t16-,19-,21-/m1/s1. The third-order valence-electron chi connectivity index (χ3n) is 6.56. The van der Waals surface area contributed by atoms with E-state index in [-0.39, 0.29) is 41.5 Å². The first-order chi connectivity index (χ1) is 19.2. The molecule has 15 heteroatoms. The SMILES string of the molecule is O=[N+]([O-])c1cnc(NCc2cnccc2OC(F)(F)F)nc1NC[C@H]1CC[C@H](NC[C@@H](O)c2cccnc2)CC1. The molecule has 1 saturated carbocycles. The summed E-state index contributed by atoms with van der Waals surface area (Å²) in [7, 11) is 0. The maximum absolute atomic E-state index is 12.7. The van der Waals surface area contributed by atoms with Crippen LogP contribution in [0.3, 0.4) is 0 Å². The van der Waals surface area contributed by atoms with Gasteiger partial charge in [0.1, 0.15) is 11.9 Å². The van der Waals surface area contributed by atoms with Crippen LogP contribution >= 0.6 is 0 Å². The molecule has 3 aromatic heterocycles. The van der Waals surface area contributed by atoms with Crippen LogP contribution in [0.4, 0.5) is 30.6 Å². The molecule has 4 N–H and O–H groups in total. The molecule has 0 aliphatic heterocycles. The number of alkyl halides is 3. The van der Waals surface area contributed by atoms with E-state index in [1.165, 1.54) is 12.4 Å². The molecule has 0 unspecified atom stereocenters. The molecule has 0 spiro atoms. The van der Waals surface area contributed by atoms with E-state index in [1.54, 1.807) is 18.5 Å². The Morgan fingerprint density at radius 1 is 1.10 bits per heavy atom. The van der Waals surface area contributed by atoms with Crippen molar-refractivity contribution in [3.05, 3.63) is 70.4 Å². The van der Waals surface area contributed by atoms with E-state index < -0.39 is 23.1 Å². The van der Waals surface area contributed by atoms with Crippen LogP contribution in [0.25, 0.3) is 0 Å². The molecule has 12 nitrogen and oxygen atoms in total. The highest BCUT2D eigenvalue weighted by Gasteiger charge is 2.32. The van der Waals surface area contributed by atoms with Crippen molar-refractivity contribution in [3.8, 4) is 5.75 Å². The molecule has 0 radical (unpaired) electrons. The lowest BCUT2D eigenvalue weighted by atomic mass is 9.86. The average molecular weight is 563 g/mol. The minimum Gasteiger partial charge on any atom is -0.405 e. The summed E-state index contributed by atoms with van der Waals surface area (Å²) >= 11 is 0. The quantitative estimate of drug-likeness (QED) is 0.187. The molecule has 1 aliphatic carbocycles. The fraction of sp³-hybridized carbons (Fsp3) is 0.440. The van der Waals surface area contributed by atoms with Gasteiger partial charge in [-0.05, 0) is 43.7 Å². The highest BCUT2D eigenvalue weighted by atomic mass is 19.4. The highest BCUT2D eigenvalue weighted by Crippen LogP contribution is 2.29. The molecular formula is C25H29F3N8O4. The van der Waals surface area contributed by atoms with Gasteiger partial charge in [0.2, 0.25) is 11.8 Å². The van der Waals surface area contributed by atoms with Crippen LogP contribution in [0, 0.1) is 16.0 Å². The smallest absolute Gasteiger partial charge is 0.405 e. The van der Waals surface area contributed by atoms with Gasteiger partial charge in [-0.15, -0.1) is 13.2 Å². The number of rotatable bonds is 12. The van der Waals surface area contributed by atoms with E-state index in [9.17, 15) is 28.4 Å². The Labute approximate surface area is 227 Å². The first kappa shape index (κ1) is 28.9. The van der Waals surface area contributed by atoms with E-state index in [0.717, 1.165) is 43.5 Å². The van der Waals surface area contributed by atoms with Crippen molar-refractivity contribution in [2.45, 2.75) is 50.7 Å². The van der Waals surface area contributed by atoms with Gasteiger partial charge in [0.25, 0.3) is 0 Å². The van der Waals surface area contributed by atoms with Gasteiger partial charge < -0.3 is 25.8 Å². The molecule has 0 bridgehead atoms. The minimum atomic E-state index is -4.87. The van der Waals surface area contributed by atoms with Crippen molar-refractivity contribution in [1.82, 2.24) is 25.3 Å². The second-order valence-electron chi connectivity index (χ2n) is 9.38. The normalized spacial score (nSPS) is 18.1. The number of aliphatic hydroxyl groups excluding tert-OH is 1. The van der Waals surface area contributed by atoms with Crippen LogP contribution in [-0.4, -0.2) is 55.5 Å². The lowest BCUT2D eigenvalue weighted by molar-refractivity contribution is -0.384. The number of anilines is 2. The van der Waals surface area contributed by atoms with Crippen molar-refractivity contribution < 1.29 is 27.9 Å². The zero-order chi connectivity index (χ0) is 28.5. The van der Waals surface area contributed by atoms with Crippen molar-refractivity contribution in [1.29, 1.82) is 0 Å². The molecule has 3 aromatic rings. The fourth-order valence-corrected chi connectivity index (χ4v) is 4.45. The van der Waals surface area contributed by atoms with Crippen LogP contribution in [0.5, 0.6) is 5.75 Å². The van der Waals surface area contributed by atoms with Gasteiger partial charge in [0.05, 0.1) is 11.0 Å². The summed E-state index contributed by atoms with van der Waals surface area (Å²) in [6, 6.07) is 4.95. The zero-order valence-electron chi connectivity index (χ0n) is 21.3. The molecule has 1 fully saturated rings. The number of nitrogens with zero attached hydrogens (tertiary/aromatic N) is 5. The molecule has 40 heavy (non-hydrogen) atoms. The molecule has 1 aliphatic rings. The molecule has 0 saturated heterocycles. The van der Waals surface area contributed by atoms with Crippen LogP contribution in [0.1, 0.15) is 42.9 Å². The van der Waals surface area contributed by atoms with Gasteiger partial charge in [-0.2, -0.15) is 4.98 Å². The molecule has 1 atom stereocenters. The fourth-order valence-electron chi connectivity index (χ4n) is 4.45.